The number of aromatic nitrogens is 1. The van der Waals surface area contributed by atoms with Gasteiger partial charge in [-0.3, -0.25) is 14.7 Å². The monoisotopic (exact) mass is 300 g/mol. The number of benzene rings is 1. The molecular formula is C16H16N2O4. The summed E-state index contributed by atoms with van der Waals surface area (Å²) in [5.41, 5.74) is 1.74. The van der Waals surface area contributed by atoms with Crippen molar-refractivity contribution in [2.24, 2.45) is 0 Å². The molecule has 0 atom stereocenters. The minimum absolute atomic E-state index is 0.0684. The van der Waals surface area contributed by atoms with E-state index < -0.39 is 5.97 Å². The van der Waals surface area contributed by atoms with E-state index in [2.05, 4.69) is 4.98 Å². The Labute approximate surface area is 127 Å². The minimum Gasteiger partial charge on any atom is -0.480 e. The molecule has 1 aromatic heterocycles. The van der Waals surface area contributed by atoms with E-state index in [1.807, 2.05) is 41.3 Å². The fraction of sp³-hybridized carbons (Fsp3) is 0.250. The van der Waals surface area contributed by atoms with Gasteiger partial charge in [-0.1, -0.05) is 18.2 Å². The molecule has 3 rings (SSSR count). The number of fused-ring (bicyclic) bond motifs is 1. The van der Waals surface area contributed by atoms with E-state index in [1.54, 1.807) is 6.20 Å². The summed E-state index contributed by atoms with van der Waals surface area (Å²) in [5.74, 6) is 0.519. The van der Waals surface area contributed by atoms with Crippen LogP contribution in [0.4, 0.5) is 0 Å². The summed E-state index contributed by atoms with van der Waals surface area (Å²) in [6.45, 7) is 1.04. The number of nitrogens with zero attached hydrogens (tertiary/aromatic N) is 2. The summed E-state index contributed by atoms with van der Waals surface area (Å²) >= 11 is 0. The van der Waals surface area contributed by atoms with Crippen molar-refractivity contribution in [1.82, 2.24) is 9.88 Å². The molecule has 0 saturated carbocycles. The molecule has 6 nitrogen and oxygen atoms in total. The fourth-order valence-electron chi connectivity index (χ4n) is 2.44. The van der Waals surface area contributed by atoms with Crippen LogP contribution in [-0.4, -0.2) is 34.3 Å². The third-order valence-electron chi connectivity index (χ3n) is 3.34. The van der Waals surface area contributed by atoms with Gasteiger partial charge in [-0.25, -0.2) is 0 Å². The van der Waals surface area contributed by atoms with Gasteiger partial charge >= 0.3 is 5.97 Å². The Kier molecular flexibility index (Phi) is 4.20. The Morgan fingerprint density at radius 1 is 1.18 bits per heavy atom. The van der Waals surface area contributed by atoms with Gasteiger partial charge in [-0.2, -0.15) is 0 Å². The van der Waals surface area contributed by atoms with Crippen LogP contribution >= 0.6 is 0 Å². The number of carboxylic acids is 1. The van der Waals surface area contributed by atoms with E-state index in [4.69, 9.17) is 14.6 Å². The number of para-hydroxylation sites is 1. The number of rotatable bonds is 6. The van der Waals surface area contributed by atoms with E-state index in [0.717, 1.165) is 11.3 Å². The highest BCUT2D eigenvalue weighted by Crippen LogP contribution is 2.35. The smallest absolute Gasteiger partial charge is 0.317 e. The largest absolute Gasteiger partial charge is 0.480 e. The number of aliphatic carboxylic acids is 1. The maximum Gasteiger partial charge on any atom is 0.317 e. The molecule has 0 aliphatic carbocycles. The summed E-state index contributed by atoms with van der Waals surface area (Å²) in [6.07, 6.45) is 1.70. The molecule has 0 unspecified atom stereocenters. The number of hydrogen-bond donors (Lipinski definition) is 1. The predicted molar refractivity (Wildman–Crippen MR) is 78.6 cm³/mol. The molecule has 2 heterocycles. The molecule has 1 aromatic carbocycles. The molecule has 0 radical (unpaired) electrons. The van der Waals surface area contributed by atoms with Crippen LogP contribution in [0.1, 0.15) is 11.3 Å². The maximum atomic E-state index is 11.1. The first-order chi connectivity index (χ1) is 10.7. The van der Waals surface area contributed by atoms with Crippen molar-refractivity contribution in [3.05, 3.63) is 53.9 Å². The first-order valence-electron chi connectivity index (χ1n) is 6.94. The van der Waals surface area contributed by atoms with Crippen molar-refractivity contribution < 1.29 is 19.4 Å². The van der Waals surface area contributed by atoms with Gasteiger partial charge in [0.2, 0.25) is 6.79 Å². The Hall–Kier alpha value is -2.60. The lowest BCUT2D eigenvalue weighted by Gasteiger charge is -2.20. The number of pyridine rings is 1. The maximum absolute atomic E-state index is 11.1. The van der Waals surface area contributed by atoms with Crippen LogP contribution < -0.4 is 9.47 Å². The van der Waals surface area contributed by atoms with E-state index in [1.165, 1.54) is 0 Å². The first-order valence-corrected chi connectivity index (χ1v) is 6.94. The first kappa shape index (κ1) is 14.3. The predicted octanol–water partition coefficient (Wildman–Crippen LogP) is 1.90. The SMILES string of the molecule is O=C(O)CN(Cc1ccccn1)Cc1cccc2c1OCO2. The van der Waals surface area contributed by atoms with Gasteiger partial charge in [0.05, 0.1) is 12.2 Å². The topological polar surface area (TPSA) is 71.9 Å². The number of hydrogen-bond acceptors (Lipinski definition) is 5. The third-order valence-corrected chi connectivity index (χ3v) is 3.34. The second kappa shape index (κ2) is 6.44. The second-order valence-electron chi connectivity index (χ2n) is 5.01. The molecule has 0 saturated heterocycles. The Morgan fingerprint density at radius 3 is 2.86 bits per heavy atom. The van der Waals surface area contributed by atoms with Crippen LogP contribution in [0, 0.1) is 0 Å². The van der Waals surface area contributed by atoms with Gasteiger partial charge in [-0.05, 0) is 18.2 Å². The molecule has 1 aliphatic rings. The molecule has 0 amide bonds. The highest BCUT2D eigenvalue weighted by Gasteiger charge is 2.20. The third kappa shape index (κ3) is 3.35. The zero-order valence-electron chi connectivity index (χ0n) is 11.9. The van der Waals surface area contributed by atoms with Crippen molar-refractivity contribution in [3.8, 4) is 11.5 Å². The van der Waals surface area contributed by atoms with Gasteiger partial charge in [0, 0.05) is 24.8 Å². The quantitative estimate of drug-likeness (QED) is 0.878. The minimum atomic E-state index is -0.874. The average molecular weight is 300 g/mol. The van der Waals surface area contributed by atoms with Gasteiger partial charge in [-0.15, -0.1) is 0 Å². The zero-order valence-corrected chi connectivity index (χ0v) is 11.9. The van der Waals surface area contributed by atoms with Crippen LogP contribution in [0.25, 0.3) is 0 Å². The van der Waals surface area contributed by atoms with E-state index in [0.29, 0.717) is 24.6 Å². The Balaban J connectivity index is 1.78. The molecule has 0 fully saturated rings. The molecular weight excluding hydrogens is 284 g/mol. The summed E-state index contributed by atoms with van der Waals surface area (Å²) in [6, 6.07) is 11.2. The molecule has 22 heavy (non-hydrogen) atoms. The van der Waals surface area contributed by atoms with Gasteiger partial charge < -0.3 is 14.6 Å². The van der Waals surface area contributed by atoms with E-state index >= 15 is 0 Å². The average Bonchev–Trinajstić information content (AvgIpc) is 2.97. The van der Waals surface area contributed by atoms with Crippen molar-refractivity contribution in [2.75, 3.05) is 13.3 Å². The van der Waals surface area contributed by atoms with E-state index in [-0.39, 0.29) is 13.3 Å². The summed E-state index contributed by atoms with van der Waals surface area (Å²) in [7, 11) is 0. The van der Waals surface area contributed by atoms with Crippen LogP contribution in [0.15, 0.2) is 42.6 Å². The van der Waals surface area contributed by atoms with Crippen molar-refractivity contribution in [2.45, 2.75) is 13.1 Å². The normalized spacial score (nSPS) is 12.6. The number of ether oxygens (including phenoxy) is 2. The zero-order chi connectivity index (χ0) is 15.4. The highest BCUT2D eigenvalue weighted by atomic mass is 16.7. The van der Waals surface area contributed by atoms with Crippen molar-refractivity contribution >= 4 is 5.97 Å². The van der Waals surface area contributed by atoms with E-state index in [9.17, 15) is 4.79 Å². The van der Waals surface area contributed by atoms with Crippen LogP contribution in [0.2, 0.25) is 0 Å². The molecule has 0 spiro atoms. The lowest BCUT2D eigenvalue weighted by molar-refractivity contribution is -0.138. The highest BCUT2D eigenvalue weighted by molar-refractivity contribution is 5.69. The molecule has 6 heteroatoms. The van der Waals surface area contributed by atoms with Gasteiger partial charge in [0.25, 0.3) is 0 Å². The molecule has 1 N–H and O–H groups in total. The fourth-order valence-corrected chi connectivity index (χ4v) is 2.44. The summed E-state index contributed by atoms with van der Waals surface area (Å²) < 4.78 is 10.8. The van der Waals surface area contributed by atoms with Gasteiger partial charge in [0.15, 0.2) is 11.5 Å². The van der Waals surface area contributed by atoms with Crippen LogP contribution in [0.3, 0.4) is 0 Å². The van der Waals surface area contributed by atoms with Crippen molar-refractivity contribution in [1.29, 1.82) is 0 Å². The Morgan fingerprint density at radius 2 is 2.09 bits per heavy atom. The standard InChI is InChI=1S/C16H16N2O4/c19-15(20)10-18(9-13-5-1-2-7-17-13)8-12-4-3-6-14-16(12)22-11-21-14/h1-7H,8-11H2,(H,19,20). The lowest BCUT2D eigenvalue weighted by Crippen LogP contribution is -2.29. The number of carboxylic acid groups (broad SMARTS) is 1. The Bertz CT molecular complexity index is 660. The van der Waals surface area contributed by atoms with Crippen LogP contribution in [0.5, 0.6) is 11.5 Å². The number of carbonyl (C=O) groups is 1. The molecule has 0 bridgehead atoms. The molecule has 1 aliphatic heterocycles. The summed E-state index contributed by atoms with van der Waals surface area (Å²) in [5, 5.41) is 9.12. The lowest BCUT2D eigenvalue weighted by atomic mass is 10.1. The van der Waals surface area contributed by atoms with Gasteiger partial charge in [0.1, 0.15) is 0 Å². The van der Waals surface area contributed by atoms with Crippen LogP contribution in [-0.2, 0) is 17.9 Å². The molecule has 2 aromatic rings. The molecule has 114 valence electrons. The van der Waals surface area contributed by atoms with Crippen molar-refractivity contribution in [3.63, 3.8) is 0 Å². The second-order valence-corrected chi connectivity index (χ2v) is 5.01. The summed E-state index contributed by atoms with van der Waals surface area (Å²) in [4.78, 5) is 17.2.